The fourth-order valence-corrected chi connectivity index (χ4v) is 0.270. The van der Waals surface area contributed by atoms with Crippen LogP contribution in [0.2, 0.25) is 0 Å². The molecule has 0 radical (unpaired) electrons. The summed E-state index contributed by atoms with van der Waals surface area (Å²) >= 11 is 0. The first kappa shape index (κ1) is 15.0. The van der Waals surface area contributed by atoms with Gasteiger partial charge in [0, 0.05) is 0 Å². The van der Waals surface area contributed by atoms with Gasteiger partial charge in [0.1, 0.15) is 0 Å². The number of carbonyl (C=O) groups is 1. The monoisotopic (exact) mass is 201 g/mol. The van der Waals surface area contributed by atoms with Gasteiger partial charge in [-0.05, 0) is 34.6 Å². The highest BCUT2D eigenvalue weighted by atomic mass is 16.7. The highest BCUT2D eigenvalue weighted by Crippen LogP contribution is 2.14. The maximum Gasteiger partial charge on any atom is 0.373 e. The Morgan fingerprint density at radius 3 is 1.79 bits per heavy atom. The molecule has 5 heteroatoms. The van der Waals surface area contributed by atoms with E-state index in [4.69, 9.17) is 9.59 Å². The van der Waals surface area contributed by atoms with E-state index >= 15 is 0 Å². The molecule has 0 amide bonds. The van der Waals surface area contributed by atoms with Gasteiger partial charge in [-0.15, -0.1) is 0 Å². The Bertz CT molecular complexity index is 240. The van der Waals surface area contributed by atoms with Crippen molar-refractivity contribution in [2.45, 2.75) is 34.6 Å². The molecule has 0 saturated heterocycles. The lowest BCUT2D eigenvalue weighted by molar-refractivity contribution is -0.191. The molecule has 0 N–H and O–H groups in total. The number of nitrogens with zero attached hydrogens (tertiary/aromatic N) is 1. The van der Waals surface area contributed by atoms with Crippen molar-refractivity contribution in [3.05, 3.63) is 0 Å². The van der Waals surface area contributed by atoms with E-state index in [0.29, 0.717) is 0 Å². The Kier molecular flexibility index (Phi) is 7.48. The van der Waals surface area contributed by atoms with E-state index in [1.165, 1.54) is 0 Å². The van der Waals surface area contributed by atoms with Gasteiger partial charge in [-0.2, -0.15) is 9.59 Å². The van der Waals surface area contributed by atoms with Gasteiger partial charge in [0.15, 0.2) is 0 Å². The first-order chi connectivity index (χ1) is 6.25. The van der Waals surface area contributed by atoms with Crippen LogP contribution in [0.1, 0.15) is 34.6 Å². The minimum atomic E-state index is -0.473. The average Bonchev–Trinajstić information content (AvgIpc) is 1.99. The van der Waals surface area contributed by atoms with Gasteiger partial charge in [0.2, 0.25) is 0 Å². The molecule has 0 atom stereocenters. The van der Waals surface area contributed by atoms with Crippen LogP contribution < -0.4 is 0 Å². The fraction of sp³-hybridized carbons (Fsp3) is 0.667. The van der Waals surface area contributed by atoms with Crippen LogP contribution in [0.3, 0.4) is 0 Å². The third kappa shape index (κ3) is 10.5. The molecule has 0 aromatic heterocycles. The lowest BCUT2D eigenvalue weighted by Crippen LogP contribution is -2.21. The van der Waals surface area contributed by atoms with Gasteiger partial charge in [0.25, 0.3) is 0 Å². The summed E-state index contributed by atoms with van der Waals surface area (Å²) in [6, 6.07) is 0. The molecule has 0 rings (SSSR count). The van der Waals surface area contributed by atoms with Crippen LogP contribution in [0.25, 0.3) is 0 Å². The number of rotatable bonds is 1. The van der Waals surface area contributed by atoms with Gasteiger partial charge in [0.05, 0.1) is 11.1 Å². The Morgan fingerprint density at radius 2 is 1.57 bits per heavy atom. The molecule has 0 aromatic rings. The van der Waals surface area contributed by atoms with E-state index in [1.807, 2.05) is 0 Å². The van der Waals surface area contributed by atoms with Crippen molar-refractivity contribution in [3.8, 4) is 0 Å². The van der Waals surface area contributed by atoms with Crippen LogP contribution in [0.5, 0.6) is 0 Å². The van der Waals surface area contributed by atoms with E-state index in [2.05, 4.69) is 9.99 Å². The largest absolute Gasteiger partial charge is 0.373 e. The molecule has 0 heterocycles. The van der Waals surface area contributed by atoms with Crippen LogP contribution in [-0.4, -0.2) is 17.8 Å². The van der Waals surface area contributed by atoms with E-state index < -0.39 is 5.41 Å². The predicted octanol–water partition coefficient (Wildman–Crippen LogP) is 1.39. The van der Waals surface area contributed by atoms with Crippen molar-refractivity contribution in [1.29, 1.82) is 0 Å². The molecule has 0 aliphatic rings. The first-order valence-corrected chi connectivity index (χ1v) is 3.97. The summed E-state index contributed by atoms with van der Waals surface area (Å²) in [5, 5.41) is 3.56. The van der Waals surface area contributed by atoms with Crippen LogP contribution in [0.15, 0.2) is 5.16 Å². The first-order valence-electron chi connectivity index (χ1n) is 3.97. The van der Waals surface area contributed by atoms with E-state index in [0.717, 1.165) is 5.71 Å². The second-order valence-electron chi connectivity index (χ2n) is 3.75. The minimum Gasteiger partial charge on any atom is -0.318 e. The Labute approximate surface area is 83.1 Å². The Balaban J connectivity index is 0. The third-order valence-electron chi connectivity index (χ3n) is 0.924. The summed E-state index contributed by atoms with van der Waals surface area (Å²) < 4.78 is 0. The number of hydrogen-bond acceptors (Lipinski definition) is 5. The summed E-state index contributed by atoms with van der Waals surface area (Å²) in [5.74, 6) is -0.307. The second-order valence-corrected chi connectivity index (χ2v) is 3.75. The molecule has 14 heavy (non-hydrogen) atoms. The predicted molar refractivity (Wildman–Crippen MR) is 49.3 cm³/mol. The number of hydrogen-bond donors (Lipinski definition) is 0. The normalized spacial score (nSPS) is 8.93. The molecule has 0 aliphatic carbocycles. The number of oxime groups is 1. The molecular weight excluding hydrogens is 186 g/mol. The van der Waals surface area contributed by atoms with Crippen LogP contribution in [0, 0.1) is 5.41 Å². The Hall–Kier alpha value is -1.48. The molecule has 0 bridgehead atoms. The zero-order valence-electron chi connectivity index (χ0n) is 9.08. The van der Waals surface area contributed by atoms with Gasteiger partial charge in [-0.3, -0.25) is 0 Å². The lowest BCUT2D eigenvalue weighted by Gasteiger charge is -2.12. The summed E-state index contributed by atoms with van der Waals surface area (Å²) in [4.78, 5) is 31.9. The zero-order valence-corrected chi connectivity index (χ0v) is 9.08. The topological polar surface area (TPSA) is 72.8 Å². The van der Waals surface area contributed by atoms with Crippen molar-refractivity contribution >= 4 is 17.8 Å². The van der Waals surface area contributed by atoms with Crippen molar-refractivity contribution in [3.63, 3.8) is 0 Å². The van der Waals surface area contributed by atoms with Gasteiger partial charge >= 0.3 is 12.1 Å². The molecule has 80 valence electrons. The highest BCUT2D eigenvalue weighted by Gasteiger charge is 2.23. The summed E-state index contributed by atoms with van der Waals surface area (Å²) in [5.41, 5.74) is 0.265. The molecular formula is C9H15NO4. The van der Waals surface area contributed by atoms with Crippen LogP contribution in [0.4, 0.5) is 0 Å². The molecule has 0 fully saturated rings. The average molecular weight is 201 g/mol. The third-order valence-corrected chi connectivity index (χ3v) is 0.924. The maximum absolute atomic E-state index is 11.0. The quantitative estimate of drug-likeness (QED) is 0.365. The maximum atomic E-state index is 11.0. The standard InChI is InChI=1S/C8H15NO2.CO2/c1-6(2)9-11-7(10)8(3,4)5;2-1-3/h1-5H3;. The SMILES string of the molecule is CC(C)=NOC(=O)C(C)(C)C.O=C=O. The Morgan fingerprint density at radius 1 is 1.21 bits per heavy atom. The van der Waals surface area contributed by atoms with Gasteiger partial charge in [-0.25, -0.2) is 4.79 Å². The van der Waals surface area contributed by atoms with E-state index in [9.17, 15) is 4.79 Å². The minimum absolute atomic E-state index is 0.250. The highest BCUT2D eigenvalue weighted by molar-refractivity contribution is 5.80. The smallest absolute Gasteiger partial charge is 0.318 e. The molecule has 0 unspecified atom stereocenters. The lowest BCUT2D eigenvalue weighted by atomic mass is 9.98. The van der Waals surface area contributed by atoms with Gasteiger partial charge in [-0.1, -0.05) is 5.16 Å². The summed E-state index contributed by atoms with van der Waals surface area (Å²) in [6.07, 6.45) is 0.250. The van der Waals surface area contributed by atoms with Crippen LogP contribution in [-0.2, 0) is 19.2 Å². The van der Waals surface area contributed by atoms with E-state index in [-0.39, 0.29) is 12.1 Å². The van der Waals surface area contributed by atoms with E-state index in [1.54, 1.807) is 34.6 Å². The summed E-state index contributed by atoms with van der Waals surface area (Å²) in [7, 11) is 0. The van der Waals surface area contributed by atoms with Crippen molar-refractivity contribution in [1.82, 2.24) is 0 Å². The molecule has 0 spiro atoms. The van der Waals surface area contributed by atoms with Crippen molar-refractivity contribution in [2.75, 3.05) is 0 Å². The summed E-state index contributed by atoms with van der Waals surface area (Å²) in [6.45, 7) is 8.91. The van der Waals surface area contributed by atoms with Crippen LogP contribution >= 0.6 is 0 Å². The molecule has 0 aromatic carbocycles. The molecule has 5 nitrogen and oxygen atoms in total. The molecule has 0 aliphatic heterocycles. The number of carbonyl (C=O) groups excluding carboxylic acids is 3. The molecule has 0 saturated carbocycles. The second kappa shape index (κ2) is 6.97. The van der Waals surface area contributed by atoms with Crippen molar-refractivity contribution < 1.29 is 19.2 Å². The fourth-order valence-electron chi connectivity index (χ4n) is 0.270. The zero-order chi connectivity index (χ0) is 11.8. The van der Waals surface area contributed by atoms with Gasteiger partial charge < -0.3 is 4.84 Å². The van der Waals surface area contributed by atoms with Crippen molar-refractivity contribution in [2.24, 2.45) is 10.6 Å².